The summed E-state index contributed by atoms with van der Waals surface area (Å²) >= 11 is 12.2. The van der Waals surface area contributed by atoms with Gasteiger partial charge in [-0.1, -0.05) is 59.6 Å². The van der Waals surface area contributed by atoms with Crippen molar-refractivity contribution in [2.45, 2.75) is 18.7 Å². The van der Waals surface area contributed by atoms with Crippen molar-refractivity contribution in [3.05, 3.63) is 112 Å². The number of hydrogen-bond acceptors (Lipinski definition) is 4. The van der Waals surface area contributed by atoms with Gasteiger partial charge in [0.1, 0.15) is 6.54 Å². The third-order valence-corrected chi connectivity index (χ3v) is 7.86. The number of aromatic nitrogens is 1. The lowest BCUT2D eigenvalue weighted by molar-refractivity contribution is -0.119. The van der Waals surface area contributed by atoms with Crippen molar-refractivity contribution in [2.24, 2.45) is 5.10 Å². The van der Waals surface area contributed by atoms with Crippen molar-refractivity contribution >= 4 is 51.0 Å². The number of hydrazone groups is 1. The molecular formula is C27H24Cl2N4O3S. The summed E-state index contributed by atoms with van der Waals surface area (Å²) in [5.74, 6) is -0.635. The van der Waals surface area contributed by atoms with Crippen LogP contribution in [-0.2, 0) is 14.8 Å². The van der Waals surface area contributed by atoms with Gasteiger partial charge in [0, 0.05) is 32.7 Å². The van der Waals surface area contributed by atoms with E-state index in [4.69, 9.17) is 23.2 Å². The predicted octanol–water partition coefficient (Wildman–Crippen LogP) is 5.75. The summed E-state index contributed by atoms with van der Waals surface area (Å²) in [6.45, 7) is 3.41. The number of anilines is 1. The van der Waals surface area contributed by atoms with Gasteiger partial charge in [-0.25, -0.2) is 13.8 Å². The highest BCUT2D eigenvalue weighted by Crippen LogP contribution is 2.29. The first-order chi connectivity index (χ1) is 17.7. The van der Waals surface area contributed by atoms with Crippen LogP contribution in [0, 0.1) is 13.8 Å². The first-order valence-corrected chi connectivity index (χ1v) is 13.5. The molecule has 0 saturated heterocycles. The summed E-state index contributed by atoms with van der Waals surface area (Å²) in [6.07, 6.45) is 1.53. The molecule has 0 bridgehead atoms. The molecule has 0 aliphatic carbocycles. The van der Waals surface area contributed by atoms with E-state index in [1.54, 1.807) is 18.2 Å². The number of sulfonamides is 1. The Labute approximate surface area is 226 Å². The number of carbonyl (C=O) groups excluding carboxylic acids is 1. The van der Waals surface area contributed by atoms with Gasteiger partial charge in [0.15, 0.2) is 0 Å². The zero-order valence-corrected chi connectivity index (χ0v) is 22.4. The quantitative estimate of drug-likeness (QED) is 0.222. The molecule has 190 valence electrons. The minimum Gasteiger partial charge on any atom is -0.318 e. The Hall–Kier alpha value is -3.59. The van der Waals surface area contributed by atoms with E-state index >= 15 is 0 Å². The Morgan fingerprint density at radius 3 is 2.16 bits per heavy atom. The number of para-hydroxylation sites is 1. The normalized spacial score (nSPS) is 11.6. The number of halogens is 2. The van der Waals surface area contributed by atoms with E-state index < -0.39 is 22.5 Å². The molecule has 4 aromatic rings. The zero-order valence-electron chi connectivity index (χ0n) is 20.1. The van der Waals surface area contributed by atoms with Crippen molar-refractivity contribution in [3.63, 3.8) is 0 Å². The molecule has 0 aliphatic heterocycles. The number of amides is 1. The SMILES string of the molecule is Cc1cc(/C=N/NC(=O)CN(c2cc(Cl)cc(Cl)c2)S(=O)(=O)c2ccccc2)c(C)n1-c1ccccc1. The smallest absolute Gasteiger partial charge is 0.264 e. The van der Waals surface area contributed by atoms with Crippen molar-refractivity contribution in [2.75, 3.05) is 10.8 Å². The number of nitrogens with one attached hydrogen (secondary N) is 1. The van der Waals surface area contributed by atoms with Gasteiger partial charge in [0.2, 0.25) is 0 Å². The van der Waals surface area contributed by atoms with Crippen LogP contribution in [0.25, 0.3) is 5.69 Å². The van der Waals surface area contributed by atoms with Crippen LogP contribution >= 0.6 is 23.2 Å². The van der Waals surface area contributed by atoms with Gasteiger partial charge in [-0.3, -0.25) is 9.10 Å². The molecular weight excluding hydrogens is 531 g/mol. The maximum atomic E-state index is 13.4. The molecule has 0 radical (unpaired) electrons. The monoisotopic (exact) mass is 554 g/mol. The van der Waals surface area contributed by atoms with Crippen LogP contribution in [0.5, 0.6) is 0 Å². The fraction of sp³-hybridized carbons (Fsp3) is 0.111. The lowest BCUT2D eigenvalue weighted by Gasteiger charge is -2.24. The molecule has 0 fully saturated rings. The highest BCUT2D eigenvalue weighted by Gasteiger charge is 2.27. The van der Waals surface area contributed by atoms with Crippen molar-refractivity contribution in [3.8, 4) is 5.69 Å². The van der Waals surface area contributed by atoms with E-state index in [9.17, 15) is 13.2 Å². The predicted molar refractivity (Wildman–Crippen MR) is 148 cm³/mol. The molecule has 0 aliphatic rings. The van der Waals surface area contributed by atoms with Gasteiger partial charge in [0.25, 0.3) is 15.9 Å². The summed E-state index contributed by atoms with van der Waals surface area (Å²) in [6, 6.07) is 24.0. The first-order valence-electron chi connectivity index (χ1n) is 11.3. The second-order valence-corrected chi connectivity index (χ2v) is 11.0. The largest absolute Gasteiger partial charge is 0.318 e. The Morgan fingerprint density at radius 2 is 1.54 bits per heavy atom. The van der Waals surface area contributed by atoms with Gasteiger partial charge >= 0.3 is 0 Å². The molecule has 0 unspecified atom stereocenters. The minimum atomic E-state index is -4.10. The molecule has 1 heterocycles. The number of rotatable bonds is 8. The van der Waals surface area contributed by atoms with Crippen LogP contribution < -0.4 is 9.73 Å². The fourth-order valence-corrected chi connectivity index (χ4v) is 5.89. The Balaban J connectivity index is 1.57. The topological polar surface area (TPSA) is 83.8 Å². The second kappa shape index (κ2) is 11.2. The van der Waals surface area contributed by atoms with Crippen LogP contribution in [-0.4, -0.2) is 31.7 Å². The molecule has 1 N–H and O–H groups in total. The van der Waals surface area contributed by atoms with E-state index in [0.29, 0.717) is 0 Å². The number of carbonyl (C=O) groups is 1. The van der Waals surface area contributed by atoms with Crippen LogP contribution in [0.15, 0.2) is 94.9 Å². The van der Waals surface area contributed by atoms with Gasteiger partial charge in [0.05, 0.1) is 16.8 Å². The van der Waals surface area contributed by atoms with Crippen LogP contribution in [0.1, 0.15) is 17.0 Å². The Morgan fingerprint density at radius 1 is 0.946 bits per heavy atom. The third-order valence-electron chi connectivity index (χ3n) is 5.63. The average Bonchev–Trinajstić information content (AvgIpc) is 3.15. The second-order valence-electron chi connectivity index (χ2n) is 8.24. The van der Waals surface area contributed by atoms with Crippen molar-refractivity contribution < 1.29 is 13.2 Å². The standard InChI is InChI=1S/C27H24Cl2N4O3S/c1-19-13-21(20(2)33(19)24-9-5-3-6-10-24)17-30-31-27(34)18-32(25-15-22(28)14-23(29)16-25)37(35,36)26-11-7-4-8-12-26/h3-17H,18H2,1-2H3,(H,31,34)/b30-17+. The number of nitrogens with zero attached hydrogens (tertiary/aromatic N) is 3. The van der Waals surface area contributed by atoms with Crippen LogP contribution in [0.4, 0.5) is 5.69 Å². The molecule has 10 heteroatoms. The van der Waals surface area contributed by atoms with Crippen LogP contribution in [0.3, 0.4) is 0 Å². The third kappa shape index (κ3) is 6.05. The summed E-state index contributed by atoms with van der Waals surface area (Å²) in [7, 11) is -4.10. The van der Waals surface area contributed by atoms with Crippen molar-refractivity contribution in [1.82, 2.24) is 9.99 Å². The summed E-state index contributed by atoms with van der Waals surface area (Å²) in [5.41, 5.74) is 6.38. The molecule has 0 atom stereocenters. The number of aryl methyl sites for hydroxylation is 1. The van der Waals surface area contributed by atoms with Gasteiger partial charge in [-0.05, 0) is 62.4 Å². The Kier molecular flexibility index (Phi) is 8.02. The average molecular weight is 555 g/mol. The highest BCUT2D eigenvalue weighted by atomic mass is 35.5. The number of benzene rings is 3. The number of hydrogen-bond donors (Lipinski definition) is 1. The van der Waals surface area contributed by atoms with E-state index in [1.165, 1.54) is 36.5 Å². The molecule has 3 aromatic carbocycles. The van der Waals surface area contributed by atoms with Gasteiger partial charge in [-0.2, -0.15) is 5.10 Å². The van der Waals surface area contributed by atoms with Crippen molar-refractivity contribution in [1.29, 1.82) is 0 Å². The summed E-state index contributed by atoms with van der Waals surface area (Å²) < 4.78 is 29.9. The Bertz CT molecular complexity index is 1530. The molecule has 1 amide bonds. The maximum absolute atomic E-state index is 13.4. The lowest BCUT2D eigenvalue weighted by atomic mass is 10.2. The summed E-state index contributed by atoms with van der Waals surface area (Å²) in [5, 5.41) is 4.55. The summed E-state index contributed by atoms with van der Waals surface area (Å²) in [4.78, 5) is 12.9. The zero-order chi connectivity index (χ0) is 26.6. The van der Waals surface area contributed by atoms with E-state index in [-0.39, 0.29) is 20.6 Å². The van der Waals surface area contributed by atoms with E-state index in [2.05, 4.69) is 15.1 Å². The molecule has 4 rings (SSSR count). The lowest BCUT2D eigenvalue weighted by Crippen LogP contribution is -2.39. The van der Waals surface area contributed by atoms with E-state index in [0.717, 1.165) is 26.9 Å². The molecule has 7 nitrogen and oxygen atoms in total. The van der Waals surface area contributed by atoms with E-state index in [1.807, 2.05) is 50.2 Å². The minimum absolute atomic E-state index is 0.0238. The molecule has 1 aromatic heterocycles. The molecule has 0 saturated carbocycles. The molecule has 0 spiro atoms. The molecule has 37 heavy (non-hydrogen) atoms. The highest BCUT2D eigenvalue weighted by molar-refractivity contribution is 7.92. The van der Waals surface area contributed by atoms with Gasteiger partial charge < -0.3 is 4.57 Å². The van der Waals surface area contributed by atoms with Crippen LogP contribution in [0.2, 0.25) is 10.0 Å². The first kappa shape index (κ1) is 26.5. The maximum Gasteiger partial charge on any atom is 0.264 e. The fourth-order valence-electron chi connectivity index (χ4n) is 3.95. The van der Waals surface area contributed by atoms with Gasteiger partial charge in [-0.15, -0.1) is 0 Å².